The highest BCUT2D eigenvalue weighted by Crippen LogP contribution is 2.57. The van der Waals surface area contributed by atoms with Crippen molar-refractivity contribution >= 4 is 10.5 Å². The van der Waals surface area contributed by atoms with Crippen molar-refractivity contribution in [2.45, 2.75) is 44.1 Å². The predicted molar refractivity (Wildman–Crippen MR) is 52.3 cm³/mol. The van der Waals surface area contributed by atoms with Crippen LogP contribution in [0.1, 0.15) is 38.5 Å². The summed E-state index contributed by atoms with van der Waals surface area (Å²) in [6, 6.07) is 0. The quantitative estimate of drug-likeness (QED) is 0.669. The van der Waals surface area contributed by atoms with Gasteiger partial charge in [-0.1, -0.05) is 0 Å². The molecule has 78 valence electrons. The summed E-state index contributed by atoms with van der Waals surface area (Å²) in [5, 5.41) is 0. The third kappa shape index (κ3) is 1.31. The predicted octanol–water partition coefficient (Wildman–Crippen LogP) is 2.02. The van der Waals surface area contributed by atoms with E-state index in [2.05, 4.69) is 4.36 Å². The average molecular weight is 213 g/mol. The minimum Gasteiger partial charge on any atom is -0.165 e. The van der Waals surface area contributed by atoms with E-state index in [-0.39, 0.29) is 5.54 Å². The fourth-order valence-electron chi connectivity index (χ4n) is 4.33. The Bertz CT molecular complexity index is 342. The summed E-state index contributed by atoms with van der Waals surface area (Å²) >= 11 is 0. The second-order valence-corrected chi connectivity index (χ2v) is 6.07. The molecule has 4 bridgehead atoms. The van der Waals surface area contributed by atoms with Crippen LogP contribution in [0.25, 0.3) is 0 Å². The fraction of sp³-hybridized carbons (Fsp3) is 1.00. The summed E-state index contributed by atoms with van der Waals surface area (Å²) in [6.07, 6.45) is 7.10. The smallest absolute Gasteiger partial charge is 0.165 e. The second-order valence-electron chi connectivity index (χ2n) is 5.45. The van der Waals surface area contributed by atoms with Crippen LogP contribution in [-0.2, 0) is 10.5 Å². The van der Waals surface area contributed by atoms with Gasteiger partial charge in [-0.25, -0.2) is 0 Å². The highest BCUT2D eigenvalue weighted by molar-refractivity contribution is 7.61. The van der Waals surface area contributed by atoms with E-state index in [9.17, 15) is 8.42 Å². The molecule has 4 aliphatic rings. The highest BCUT2D eigenvalue weighted by Gasteiger charge is 2.51. The van der Waals surface area contributed by atoms with Crippen LogP contribution in [0.2, 0.25) is 0 Å². The Labute approximate surface area is 85.6 Å². The molecule has 4 aliphatic carbocycles. The molecular formula is C10H15NO2S. The van der Waals surface area contributed by atoms with Crippen LogP contribution < -0.4 is 0 Å². The van der Waals surface area contributed by atoms with Crippen LogP contribution in [-0.4, -0.2) is 14.0 Å². The van der Waals surface area contributed by atoms with E-state index >= 15 is 0 Å². The summed E-state index contributed by atoms with van der Waals surface area (Å²) in [5.74, 6) is 2.32. The summed E-state index contributed by atoms with van der Waals surface area (Å²) in [4.78, 5) is 0. The van der Waals surface area contributed by atoms with Gasteiger partial charge < -0.3 is 0 Å². The lowest BCUT2D eigenvalue weighted by molar-refractivity contribution is 0.00261. The molecule has 4 fully saturated rings. The van der Waals surface area contributed by atoms with E-state index in [4.69, 9.17) is 0 Å². The lowest BCUT2D eigenvalue weighted by Gasteiger charge is -2.54. The Balaban J connectivity index is 1.98. The maximum absolute atomic E-state index is 10.7. The zero-order chi connectivity index (χ0) is 9.76. The number of hydrogen-bond donors (Lipinski definition) is 0. The number of hydrogen-bond acceptors (Lipinski definition) is 3. The SMILES string of the molecule is O=S(=O)=NC12CC3CC(CC(C3)C1)C2. The lowest BCUT2D eigenvalue weighted by atomic mass is 9.53. The molecule has 0 unspecified atom stereocenters. The first-order valence-electron chi connectivity index (χ1n) is 5.47. The minimum absolute atomic E-state index is 0.165. The first kappa shape index (κ1) is 8.89. The van der Waals surface area contributed by atoms with Crippen LogP contribution in [0.15, 0.2) is 4.36 Å². The molecule has 0 spiro atoms. The molecule has 0 radical (unpaired) electrons. The Hall–Kier alpha value is -0.380. The van der Waals surface area contributed by atoms with E-state index in [1.165, 1.54) is 19.3 Å². The first-order valence-corrected chi connectivity index (χ1v) is 6.51. The Kier molecular flexibility index (Phi) is 1.79. The van der Waals surface area contributed by atoms with Gasteiger partial charge in [-0.05, 0) is 56.3 Å². The molecular weight excluding hydrogens is 198 g/mol. The van der Waals surface area contributed by atoms with Gasteiger partial charge in [0.15, 0.2) is 0 Å². The Morgan fingerprint density at radius 2 is 1.36 bits per heavy atom. The fourth-order valence-corrected chi connectivity index (χ4v) is 4.87. The van der Waals surface area contributed by atoms with Crippen molar-refractivity contribution in [3.63, 3.8) is 0 Å². The van der Waals surface area contributed by atoms with Crippen molar-refractivity contribution in [3.05, 3.63) is 0 Å². The van der Waals surface area contributed by atoms with Gasteiger partial charge in [0.25, 0.3) is 0 Å². The summed E-state index contributed by atoms with van der Waals surface area (Å²) in [6.45, 7) is 0. The summed E-state index contributed by atoms with van der Waals surface area (Å²) in [7, 11) is -2.20. The molecule has 0 amide bonds. The van der Waals surface area contributed by atoms with Gasteiger partial charge >= 0.3 is 10.5 Å². The topological polar surface area (TPSA) is 46.5 Å². The van der Waals surface area contributed by atoms with Crippen LogP contribution in [0.4, 0.5) is 0 Å². The first-order chi connectivity index (χ1) is 6.65. The van der Waals surface area contributed by atoms with Gasteiger partial charge in [-0.3, -0.25) is 0 Å². The molecule has 0 aromatic carbocycles. The van der Waals surface area contributed by atoms with E-state index in [0.29, 0.717) is 0 Å². The molecule has 0 atom stereocenters. The summed E-state index contributed by atoms with van der Waals surface area (Å²) < 4.78 is 25.4. The van der Waals surface area contributed by atoms with Crippen molar-refractivity contribution in [1.29, 1.82) is 0 Å². The number of nitrogens with zero attached hydrogens (tertiary/aromatic N) is 1. The lowest BCUT2D eigenvalue weighted by Crippen LogP contribution is -2.49. The van der Waals surface area contributed by atoms with E-state index < -0.39 is 10.5 Å². The molecule has 0 aromatic heterocycles. The molecule has 0 heterocycles. The van der Waals surface area contributed by atoms with Gasteiger partial charge in [0.2, 0.25) is 0 Å². The van der Waals surface area contributed by atoms with Gasteiger partial charge in [-0.15, -0.1) is 0 Å². The average Bonchev–Trinajstić information content (AvgIpc) is 1.96. The van der Waals surface area contributed by atoms with Crippen molar-refractivity contribution in [2.24, 2.45) is 22.1 Å². The van der Waals surface area contributed by atoms with Gasteiger partial charge in [0.1, 0.15) is 0 Å². The minimum atomic E-state index is -2.20. The molecule has 3 nitrogen and oxygen atoms in total. The molecule has 0 aromatic rings. The van der Waals surface area contributed by atoms with Crippen LogP contribution in [0.3, 0.4) is 0 Å². The Morgan fingerprint density at radius 1 is 0.929 bits per heavy atom. The second kappa shape index (κ2) is 2.81. The van der Waals surface area contributed by atoms with E-state index in [1.54, 1.807) is 0 Å². The highest BCUT2D eigenvalue weighted by atomic mass is 32.2. The summed E-state index contributed by atoms with van der Waals surface area (Å²) in [5.41, 5.74) is -0.165. The number of rotatable bonds is 1. The van der Waals surface area contributed by atoms with Gasteiger partial charge in [0.05, 0.1) is 5.54 Å². The molecule has 4 heteroatoms. The van der Waals surface area contributed by atoms with Crippen LogP contribution in [0.5, 0.6) is 0 Å². The molecule has 0 aliphatic heterocycles. The van der Waals surface area contributed by atoms with Crippen LogP contribution in [0, 0.1) is 17.8 Å². The third-order valence-corrected chi connectivity index (χ3v) is 4.81. The van der Waals surface area contributed by atoms with Crippen molar-refractivity contribution in [2.75, 3.05) is 0 Å². The molecule has 14 heavy (non-hydrogen) atoms. The molecule has 4 saturated carbocycles. The van der Waals surface area contributed by atoms with E-state index in [1.807, 2.05) is 0 Å². The zero-order valence-corrected chi connectivity index (χ0v) is 8.96. The van der Waals surface area contributed by atoms with Crippen molar-refractivity contribution < 1.29 is 8.42 Å². The maximum atomic E-state index is 10.7. The molecule has 4 rings (SSSR count). The Morgan fingerprint density at radius 3 is 1.71 bits per heavy atom. The zero-order valence-electron chi connectivity index (χ0n) is 8.15. The molecule has 0 saturated heterocycles. The van der Waals surface area contributed by atoms with E-state index in [0.717, 1.165) is 37.0 Å². The van der Waals surface area contributed by atoms with Crippen molar-refractivity contribution in [1.82, 2.24) is 0 Å². The maximum Gasteiger partial charge on any atom is 0.311 e. The van der Waals surface area contributed by atoms with Gasteiger partial charge in [-0.2, -0.15) is 12.8 Å². The van der Waals surface area contributed by atoms with Crippen molar-refractivity contribution in [3.8, 4) is 0 Å². The standard InChI is InChI=1S/C10H15NO2S/c12-14(13)11-10-4-7-1-8(5-10)3-9(2-7)6-10/h7-9H,1-6H2. The third-order valence-electron chi connectivity index (χ3n) is 4.27. The monoisotopic (exact) mass is 213 g/mol. The normalized spacial score (nSPS) is 49.3. The van der Waals surface area contributed by atoms with Crippen LogP contribution >= 0.6 is 0 Å². The molecule has 0 N–H and O–H groups in total. The largest absolute Gasteiger partial charge is 0.311 e. The van der Waals surface area contributed by atoms with Gasteiger partial charge in [0, 0.05) is 0 Å².